The molecule has 1 fully saturated rings. The van der Waals surface area contributed by atoms with Crippen molar-refractivity contribution in [2.45, 2.75) is 25.4 Å². The molecule has 0 radical (unpaired) electrons. The van der Waals surface area contributed by atoms with Crippen LogP contribution in [0.3, 0.4) is 0 Å². The van der Waals surface area contributed by atoms with Crippen molar-refractivity contribution in [1.82, 2.24) is 10.3 Å². The lowest BCUT2D eigenvalue weighted by Crippen LogP contribution is -2.31. The van der Waals surface area contributed by atoms with Crippen molar-refractivity contribution >= 4 is 28.2 Å². The van der Waals surface area contributed by atoms with Gasteiger partial charge in [0.2, 0.25) is 0 Å². The van der Waals surface area contributed by atoms with Crippen LogP contribution >= 0.6 is 23.1 Å². The summed E-state index contributed by atoms with van der Waals surface area (Å²) in [6.07, 6.45) is 1.29. The highest BCUT2D eigenvalue weighted by atomic mass is 32.2. The van der Waals surface area contributed by atoms with Crippen LogP contribution in [0.5, 0.6) is 0 Å². The van der Waals surface area contributed by atoms with Crippen LogP contribution < -0.4 is 10.2 Å². The molecule has 1 aliphatic rings. The Hall–Kier alpha value is -0.260. The largest absolute Gasteiger partial charge is 0.347 e. The molecule has 2 rings (SSSR count). The van der Waals surface area contributed by atoms with E-state index in [4.69, 9.17) is 4.98 Å². The minimum absolute atomic E-state index is 0.344. The van der Waals surface area contributed by atoms with Crippen LogP contribution in [0.2, 0.25) is 0 Å². The number of nitrogens with zero attached hydrogens (tertiary/aromatic N) is 2. The molecule has 2 heterocycles. The molecule has 16 heavy (non-hydrogen) atoms. The third-order valence-corrected chi connectivity index (χ3v) is 5.24. The molecule has 0 aromatic carbocycles. The van der Waals surface area contributed by atoms with E-state index in [2.05, 4.69) is 29.6 Å². The molecular formula is C11H19N3S2. The first-order valence-corrected chi connectivity index (χ1v) is 7.69. The van der Waals surface area contributed by atoms with Gasteiger partial charge in [-0.15, -0.1) is 11.3 Å². The maximum absolute atomic E-state index is 4.70. The highest BCUT2D eigenvalue weighted by Crippen LogP contribution is 2.29. The zero-order valence-corrected chi connectivity index (χ0v) is 11.7. The molecule has 0 saturated carbocycles. The van der Waals surface area contributed by atoms with Crippen molar-refractivity contribution in [3.63, 3.8) is 0 Å². The van der Waals surface area contributed by atoms with Crippen molar-refractivity contribution in [2.75, 3.05) is 30.5 Å². The predicted octanol–water partition coefficient (Wildman–Crippen LogP) is 2.37. The first-order valence-electron chi connectivity index (χ1n) is 5.65. The first-order chi connectivity index (χ1) is 7.72. The van der Waals surface area contributed by atoms with Crippen LogP contribution in [0, 0.1) is 0 Å². The maximum atomic E-state index is 4.70. The van der Waals surface area contributed by atoms with Crippen LogP contribution in [0.15, 0.2) is 5.38 Å². The third kappa shape index (κ3) is 2.52. The Kier molecular flexibility index (Phi) is 4.10. The Bertz CT molecular complexity index is 334. The summed E-state index contributed by atoms with van der Waals surface area (Å²) in [5.41, 5.74) is 1.15. The van der Waals surface area contributed by atoms with Gasteiger partial charge in [-0.3, -0.25) is 0 Å². The Balaban J connectivity index is 2.05. The van der Waals surface area contributed by atoms with E-state index in [-0.39, 0.29) is 0 Å². The third-order valence-electron chi connectivity index (χ3n) is 3.14. The zero-order chi connectivity index (χ0) is 11.5. The SMILES string of the molecule is CNC(C)c1csc(N(C)C2CCSC2)n1. The molecule has 0 amide bonds. The lowest BCUT2D eigenvalue weighted by molar-refractivity contribution is 0.633. The van der Waals surface area contributed by atoms with Gasteiger partial charge in [-0.25, -0.2) is 4.98 Å². The lowest BCUT2D eigenvalue weighted by Gasteiger charge is -2.22. The van der Waals surface area contributed by atoms with Crippen molar-refractivity contribution in [3.8, 4) is 0 Å². The molecule has 1 N–H and O–H groups in total. The van der Waals surface area contributed by atoms with Gasteiger partial charge in [0.1, 0.15) is 0 Å². The van der Waals surface area contributed by atoms with E-state index in [9.17, 15) is 0 Å². The van der Waals surface area contributed by atoms with Gasteiger partial charge >= 0.3 is 0 Å². The molecule has 0 spiro atoms. The molecule has 2 unspecified atom stereocenters. The topological polar surface area (TPSA) is 28.2 Å². The lowest BCUT2D eigenvalue weighted by atomic mass is 10.2. The molecular weight excluding hydrogens is 238 g/mol. The number of hydrogen-bond acceptors (Lipinski definition) is 5. The first kappa shape index (κ1) is 12.2. The van der Waals surface area contributed by atoms with Crippen LogP contribution in [0.4, 0.5) is 5.13 Å². The second kappa shape index (κ2) is 5.38. The average Bonchev–Trinajstić information content (AvgIpc) is 2.97. The molecule has 1 aromatic rings. The van der Waals surface area contributed by atoms with E-state index in [1.165, 1.54) is 17.9 Å². The van der Waals surface area contributed by atoms with Crippen LogP contribution in [0.1, 0.15) is 25.1 Å². The molecule has 5 heteroatoms. The molecule has 3 nitrogen and oxygen atoms in total. The maximum Gasteiger partial charge on any atom is 0.185 e. The van der Waals surface area contributed by atoms with Gasteiger partial charge in [0.25, 0.3) is 0 Å². The van der Waals surface area contributed by atoms with Gasteiger partial charge in [-0.1, -0.05) is 0 Å². The van der Waals surface area contributed by atoms with Crippen LogP contribution in [-0.2, 0) is 0 Å². The Morgan fingerprint density at radius 1 is 1.62 bits per heavy atom. The Labute approximate surface area is 106 Å². The number of thiazole rings is 1. The van der Waals surface area contributed by atoms with Crippen LogP contribution in [0.25, 0.3) is 0 Å². The number of hydrogen-bond donors (Lipinski definition) is 1. The highest BCUT2D eigenvalue weighted by molar-refractivity contribution is 7.99. The van der Waals surface area contributed by atoms with Crippen molar-refractivity contribution in [1.29, 1.82) is 0 Å². The smallest absolute Gasteiger partial charge is 0.185 e. The molecule has 1 saturated heterocycles. The Morgan fingerprint density at radius 3 is 3.06 bits per heavy atom. The van der Waals surface area contributed by atoms with Gasteiger partial charge < -0.3 is 10.2 Å². The van der Waals surface area contributed by atoms with E-state index < -0.39 is 0 Å². The summed E-state index contributed by atoms with van der Waals surface area (Å²) in [5.74, 6) is 2.53. The normalized spacial score (nSPS) is 22.3. The molecule has 1 aromatic heterocycles. The van der Waals surface area contributed by atoms with Crippen LogP contribution in [-0.4, -0.2) is 36.6 Å². The van der Waals surface area contributed by atoms with E-state index in [0.29, 0.717) is 12.1 Å². The highest BCUT2D eigenvalue weighted by Gasteiger charge is 2.22. The average molecular weight is 257 g/mol. The van der Waals surface area contributed by atoms with E-state index in [1.807, 2.05) is 18.8 Å². The van der Waals surface area contributed by atoms with E-state index in [1.54, 1.807) is 11.3 Å². The number of nitrogens with one attached hydrogen (secondary N) is 1. The summed E-state index contributed by atoms with van der Waals surface area (Å²) < 4.78 is 0. The number of aromatic nitrogens is 1. The van der Waals surface area contributed by atoms with Crippen molar-refractivity contribution in [2.24, 2.45) is 0 Å². The van der Waals surface area contributed by atoms with Gasteiger partial charge in [0, 0.05) is 30.3 Å². The van der Waals surface area contributed by atoms with Crippen molar-refractivity contribution < 1.29 is 0 Å². The summed E-state index contributed by atoms with van der Waals surface area (Å²) in [6, 6.07) is 1.02. The molecule has 0 aliphatic carbocycles. The Morgan fingerprint density at radius 2 is 2.44 bits per heavy atom. The second-order valence-corrected chi connectivity index (χ2v) is 6.18. The standard InChI is InChI=1S/C11H19N3S2/c1-8(12-2)10-7-16-11(13-10)14(3)9-4-5-15-6-9/h7-9,12H,4-6H2,1-3H3. The monoisotopic (exact) mass is 257 g/mol. The van der Waals surface area contributed by atoms with E-state index in [0.717, 1.165) is 10.8 Å². The summed E-state index contributed by atoms with van der Waals surface area (Å²) in [7, 11) is 4.14. The summed E-state index contributed by atoms with van der Waals surface area (Å²) in [5, 5.41) is 6.54. The summed E-state index contributed by atoms with van der Waals surface area (Å²) in [6.45, 7) is 2.14. The van der Waals surface area contributed by atoms with Gasteiger partial charge in [0.05, 0.1) is 5.69 Å². The van der Waals surface area contributed by atoms with Gasteiger partial charge in [-0.2, -0.15) is 11.8 Å². The van der Waals surface area contributed by atoms with E-state index >= 15 is 0 Å². The van der Waals surface area contributed by atoms with Gasteiger partial charge in [-0.05, 0) is 26.1 Å². The second-order valence-electron chi connectivity index (χ2n) is 4.19. The molecule has 2 atom stereocenters. The fourth-order valence-corrected chi connectivity index (χ4v) is 3.99. The predicted molar refractivity (Wildman–Crippen MR) is 73.7 cm³/mol. The minimum atomic E-state index is 0.344. The fourth-order valence-electron chi connectivity index (χ4n) is 1.77. The number of thioether (sulfide) groups is 1. The summed E-state index contributed by atoms with van der Waals surface area (Å²) in [4.78, 5) is 7.04. The molecule has 0 bridgehead atoms. The zero-order valence-electron chi connectivity index (χ0n) is 10.1. The van der Waals surface area contributed by atoms with Crippen molar-refractivity contribution in [3.05, 3.63) is 11.1 Å². The molecule has 90 valence electrons. The fraction of sp³-hybridized carbons (Fsp3) is 0.727. The number of rotatable bonds is 4. The minimum Gasteiger partial charge on any atom is -0.347 e. The quantitative estimate of drug-likeness (QED) is 0.896. The summed E-state index contributed by atoms with van der Waals surface area (Å²) >= 11 is 3.80. The number of anilines is 1. The molecule has 1 aliphatic heterocycles. The van der Waals surface area contributed by atoms with Gasteiger partial charge in [0.15, 0.2) is 5.13 Å².